The fraction of sp³-hybridized carbons (Fsp3) is 0.375. The van der Waals surface area contributed by atoms with E-state index in [9.17, 15) is 0 Å². The van der Waals surface area contributed by atoms with Crippen molar-refractivity contribution < 1.29 is 0 Å². The van der Waals surface area contributed by atoms with Gasteiger partial charge in [-0.3, -0.25) is 14.4 Å². The first-order valence-electron chi connectivity index (χ1n) is 7.91. The predicted octanol–water partition coefficient (Wildman–Crippen LogP) is 1.74. The van der Waals surface area contributed by atoms with E-state index in [0.29, 0.717) is 12.1 Å². The Bertz CT molecular complexity index is 813. The largest absolute Gasteiger partial charge is 0.364 e. The Kier molecular flexibility index (Phi) is 3.63. The lowest BCUT2D eigenvalue weighted by molar-refractivity contribution is 0.388. The molecule has 2 N–H and O–H groups in total. The van der Waals surface area contributed by atoms with E-state index in [4.69, 9.17) is 4.98 Å². The second-order valence-electron chi connectivity index (χ2n) is 5.87. The van der Waals surface area contributed by atoms with E-state index in [0.717, 1.165) is 35.8 Å². The Morgan fingerprint density at radius 3 is 3.09 bits per heavy atom. The van der Waals surface area contributed by atoms with Crippen molar-refractivity contribution in [2.45, 2.75) is 31.8 Å². The van der Waals surface area contributed by atoms with Gasteiger partial charge in [0.2, 0.25) is 0 Å². The highest BCUT2D eigenvalue weighted by Crippen LogP contribution is 2.20. The molecule has 0 radical (unpaired) electrons. The van der Waals surface area contributed by atoms with Crippen molar-refractivity contribution in [1.29, 1.82) is 0 Å². The van der Waals surface area contributed by atoms with E-state index >= 15 is 0 Å². The zero-order chi connectivity index (χ0) is 15.6. The van der Waals surface area contributed by atoms with Gasteiger partial charge in [0.15, 0.2) is 5.65 Å². The van der Waals surface area contributed by atoms with Crippen LogP contribution < -0.4 is 10.6 Å². The van der Waals surface area contributed by atoms with Crippen molar-refractivity contribution in [2.75, 3.05) is 11.9 Å². The molecular formula is C16H19N7. The third kappa shape index (κ3) is 2.75. The van der Waals surface area contributed by atoms with Gasteiger partial charge in [-0.15, -0.1) is 0 Å². The average Bonchev–Trinajstić information content (AvgIpc) is 3.01. The van der Waals surface area contributed by atoms with Crippen LogP contribution in [0.15, 0.2) is 37.2 Å². The Hall–Kier alpha value is -2.54. The zero-order valence-corrected chi connectivity index (χ0v) is 13.0. The lowest BCUT2D eigenvalue weighted by atomic mass is 10.00. The Balaban J connectivity index is 1.63. The van der Waals surface area contributed by atoms with Gasteiger partial charge in [0.1, 0.15) is 11.5 Å². The summed E-state index contributed by atoms with van der Waals surface area (Å²) in [5.74, 6) is 0.798. The summed E-state index contributed by atoms with van der Waals surface area (Å²) in [4.78, 5) is 17.5. The summed E-state index contributed by atoms with van der Waals surface area (Å²) in [7, 11) is 0. The average molecular weight is 309 g/mol. The molecule has 2 atom stereocenters. The fourth-order valence-corrected chi connectivity index (χ4v) is 3.02. The van der Waals surface area contributed by atoms with Gasteiger partial charge in [-0.05, 0) is 26.3 Å². The van der Waals surface area contributed by atoms with Gasteiger partial charge in [-0.1, -0.05) is 0 Å². The molecule has 3 aromatic heterocycles. The van der Waals surface area contributed by atoms with Crippen molar-refractivity contribution in [3.05, 3.63) is 37.2 Å². The third-order valence-corrected chi connectivity index (χ3v) is 4.31. The maximum Gasteiger partial charge on any atom is 0.155 e. The Morgan fingerprint density at radius 2 is 2.17 bits per heavy atom. The quantitative estimate of drug-likeness (QED) is 0.767. The number of hydrogen-bond acceptors (Lipinski definition) is 6. The van der Waals surface area contributed by atoms with E-state index in [1.54, 1.807) is 31.0 Å². The van der Waals surface area contributed by atoms with Gasteiger partial charge in [0, 0.05) is 24.5 Å². The minimum absolute atomic E-state index is 0.375. The van der Waals surface area contributed by atoms with Crippen molar-refractivity contribution in [2.24, 2.45) is 0 Å². The lowest BCUT2D eigenvalue weighted by Crippen LogP contribution is -2.46. The topological polar surface area (TPSA) is 80.0 Å². The summed E-state index contributed by atoms with van der Waals surface area (Å²) >= 11 is 0. The molecule has 0 aliphatic carbocycles. The first-order chi connectivity index (χ1) is 11.3. The second-order valence-corrected chi connectivity index (χ2v) is 5.87. The first kappa shape index (κ1) is 14.1. The molecule has 0 bridgehead atoms. The van der Waals surface area contributed by atoms with Gasteiger partial charge >= 0.3 is 0 Å². The fourth-order valence-electron chi connectivity index (χ4n) is 3.02. The predicted molar refractivity (Wildman–Crippen MR) is 88.1 cm³/mol. The van der Waals surface area contributed by atoms with Crippen LogP contribution in [0.2, 0.25) is 0 Å². The maximum absolute atomic E-state index is 4.71. The lowest BCUT2D eigenvalue weighted by Gasteiger charge is -2.30. The molecule has 3 aromatic rings. The van der Waals surface area contributed by atoms with E-state index in [-0.39, 0.29) is 0 Å². The Morgan fingerprint density at radius 1 is 1.22 bits per heavy atom. The van der Waals surface area contributed by atoms with Crippen LogP contribution in [0.25, 0.3) is 17.0 Å². The SMILES string of the molecule is CC1NCCCC1Nc1cncc(-c2cnc3cnccn23)n1. The summed E-state index contributed by atoms with van der Waals surface area (Å²) in [5, 5.41) is 6.99. The summed E-state index contributed by atoms with van der Waals surface area (Å²) in [5.41, 5.74) is 2.51. The Labute approximate surface area is 134 Å². The summed E-state index contributed by atoms with van der Waals surface area (Å²) in [6, 6.07) is 0.802. The summed E-state index contributed by atoms with van der Waals surface area (Å²) in [6.07, 6.45) is 13.0. The molecular weight excluding hydrogens is 290 g/mol. The molecule has 4 rings (SSSR count). The number of fused-ring (bicyclic) bond motifs is 1. The summed E-state index contributed by atoms with van der Waals surface area (Å²) < 4.78 is 1.96. The van der Waals surface area contributed by atoms with Gasteiger partial charge in [-0.25, -0.2) is 9.97 Å². The molecule has 118 valence electrons. The number of nitrogens with zero attached hydrogens (tertiary/aromatic N) is 5. The molecule has 7 nitrogen and oxygen atoms in total. The van der Waals surface area contributed by atoms with Gasteiger partial charge in [0.25, 0.3) is 0 Å². The van der Waals surface area contributed by atoms with Gasteiger partial charge in [-0.2, -0.15) is 0 Å². The maximum atomic E-state index is 4.71. The molecule has 0 saturated carbocycles. The highest BCUT2D eigenvalue weighted by Gasteiger charge is 2.21. The van der Waals surface area contributed by atoms with Crippen LogP contribution in [-0.4, -0.2) is 43.0 Å². The van der Waals surface area contributed by atoms with Crippen LogP contribution in [0, 0.1) is 0 Å². The van der Waals surface area contributed by atoms with Crippen LogP contribution in [0.1, 0.15) is 19.8 Å². The molecule has 7 heteroatoms. The highest BCUT2D eigenvalue weighted by atomic mass is 15.1. The van der Waals surface area contributed by atoms with Crippen molar-refractivity contribution in [3.63, 3.8) is 0 Å². The second kappa shape index (κ2) is 5.92. The number of nitrogens with one attached hydrogen (secondary N) is 2. The molecule has 23 heavy (non-hydrogen) atoms. The standard InChI is InChI=1S/C16H19N7/c1-11-12(3-2-4-19-11)21-15-9-18-7-13(22-15)14-8-20-16-10-17-5-6-23(14)16/h5-12,19H,2-4H2,1H3,(H,21,22). The molecule has 0 aromatic carbocycles. The number of aromatic nitrogens is 5. The number of hydrogen-bond donors (Lipinski definition) is 2. The molecule has 1 aliphatic rings. The van der Waals surface area contributed by atoms with Crippen LogP contribution in [0.3, 0.4) is 0 Å². The van der Waals surface area contributed by atoms with Crippen LogP contribution >= 0.6 is 0 Å². The molecule has 1 aliphatic heterocycles. The van der Waals surface area contributed by atoms with Crippen LogP contribution in [0.4, 0.5) is 5.82 Å². The van der Waals surface area contributed by atoms with Crippen molar-refractivity contribution in [1.82, 2.24) is 29.7 Å². The molecule has 1 fully saturated rings. The van der Waals surface area contributed by atoms with Crippen molar-refractivity contribution in [3.8, 4) is 11.4 Å². The van der Waals surface area contributed by atoms with E-state index < -0.39 is 0 Å². The van der Waals surface area contributed by atoms with Crippen LogP contribution in [0.5, 0.6) is 0 Å². The molecule has 4 heterocycles. The smallest absolute Gasteiger partial charge is 0.155 e. The normalized spacial score (nSPS) is 21.4. The molecule has 0 spiro atoms. The monoisotopic (exact) mass is 309 g/mol. The minimum Gasteiger partial charge on any atom is -0.364 e. The van der Waals surface area contributed by atoms with Crippen LogP contribution in [-0.2, 0) is 0 Å². The first-order valence-corrected chi connectivity index (χ1v) is 7.91. The van der Waals surface area contributed by atoms with E-state index in [1.807, 2.05) is 10.6 Å². The molecule has 0 amide bonds. The third-order valence-electron chi connectivity index (χ3n) is 4.31. The number of anilines is 1. The number of piperidine rings is 1. The molecule has 1 saturated heterocycles. The minimum atomic E-state index is 0.375. The number of imidazole rings is 1. The van der Waals surface area contributed by atoms with E-state index in [2.05, 4.69) is 32.5 Å². The molecule has 2 unspecified atom stereocenters. The van der Waals surface area contributed by atoms with E-state index in [1.165, 1.54) is 6.42 Å². The van der Waals surface area contributed by atoms with Gasteiger partial charge in [0.05, 0.1) is 30.5 Å². The zero-order valence-electron chi connectivity index (χ0n) is 13.0. The highest BCUT2D eigenvalue weighted by molar-refractivity contribution is 5.60. The summed E-state index contributed by atoms with van der Waals surface area (Å²) in [6.45, 7) is 3.28. The van der Waals surface area contributed by atoms with Crippen molar-refractivity contribution >= 4 is 11.5 Å². The number of rotatable bonds is 3. The van der Waals surface area contributed by atoms with Gasteiger partial charge < -0.3 is 10.6 Å².